The molecule has 0 bridgehead atoms. The molecule has 3 aromatic rings. The summed E-state index contributed by atoms with van der Waals surface area (Å²) in [5, 5.41) is 4.07. The lowest BCUT2D eigenvalue weighted by molar-refractivity contribution is 0.387. The molecule has 3 rings (SSSR count). The Bertz CT molecular complexity index is 793. The molecule has 5 heteroatoms. The largest absolute Gasteiger partial charge is 0.494 e. The molecule has 1 N–H and O–H groups in total. The van der Waals surface area contributed by atoms with Crippen molar-refractivity contribution in [2.24, 2.45) is 0 Å². The average molecular weight is 297 g/mol. The summed E-state index contributed by atoms with van der Waals surface area (Å²) in [6.07, 6.45) is 1.42. The van der Waals surface area contributed by atoms with Gasteiger partial charge in [0.2, 0.25) is 0 Å². The van der Waals surface area contributed by atoms with Gasteiger partial charge in [-0.05, 0) is 18.6 Å². The molecule has 0 fully saturated rings. The van der Waals surface area contributed by atoms with Crippen molar-refractivity contribution in [3.8, 4) is 5.75 Å². The Kier molecular flexibility index (Phi) is 3.87. The molecule has 1 aromatic heterocycles. The van der Waals surface area contributed by atoms with E-state index in [1.54, 1.807) is 6.07 Å². The van der Waals surface area contributed by atoms with Crippen molar-refractivity contribution >= 4 is 16.7 Å². The molecular weight excluding hydrogens is 281 g/mol. The van der Waals surface area contributed by atoms with Crippen molar-refractivity contribution in [1.82, 2.24) is 9.97 Å². The Labute approximate surface area is 128 Å². The molecule has 0 saturated carbocycles. The van der Waals surface area contributed by atoms with Crippen LogP contribution in [0.25, 0.3) is 10.9 Å². The van der Waals surface area contributed by atoms with Crippen LogP contribution in [0.5, 0.6) is 5.75 Å². The van der Waals surface area contributed by atoms with Crippen molar-refractivity contribution < 1.29 is 9.13 Å². The molecule has 0 aliphatic rings. The molecule has 1 atom stereocenters. The highest BCUT2D eigenvalue weighted by atomic mass is 19.1. The summed E-state index contributed by atoms with van der Waals surface area (Å²) in [6.45, 7) is 2.05. The van der Waals surface area contributed by atoms with Crippen molar-refractivity contribution in [2.45, 2.75) is 13.0 Å². The fourth-order valence-corrected chi connectivity index (χ4v) is 2.36. The average Bonchev–Trinajstić information content (AvgIpc) is 2.55. The number of fused-ring (bicyclic) bond motifs is 1. The maximum Gasteiger partial charge on any atom is 0.167 e. The van der Waals surface area contributed by atoms with E-state index in [9.17, 15) is 4.39 Å². The number of rotatable bonds is 4. The Hall–Kier alpha value is -2.69. The maximum atomic E-state index is 13.8. The van der Waals surface area contributed by atoms with Gasteiger partial charge in [0.1, 0.15) is 12.1 Å². The first kappa shape index (κ1) is 14.3. The summed E-state index contributed by atoms with van der Waals surface area (Å²) >= 11 is 0. The number of nitrogens with zero attached hydrogens (tertiary/aromatic N) is 2. The number of hydrogen-bond acceptors (Lipinski definition) is 4. The molecule has 112 valence electrons. The number of ether oxygens (including phenoxy) is 1. The number of nitrogens with one attached hydrogen (secondary N) is 1. The van der Waals surface area contributed by atoms with Crippen LogP contribution in [0.3, 0.4) is 0 Å². The predicted molar refractivity (Wildman–Crippen MR) is 84.5 cm³/mol. The van der Waals surface area contributed by atoms with E-state index in [4.69, 9.17) is 4.74 Å². The van der Waals surface area contributed by atoms with Gasteiger partial charge in [-0.1, -0.05) is 30.3 Å². The van der Waals surface area contributed by atoms with Crippen LogP contribution in [-0.4, -0.2) is 17.1 Å². The fourth-order valence-electron chi connectivity index (χ4n) is 2.36. The molecule has 1 unspecified atom stereocenters. The molecular formula is C17H16FN3O. The number of benzene rings is 2. The normalized spacial score (nSPS) is 12.1. The third-order valence-electron chi connectivity index (χ3n) is 3.56. The lowest BCUT2D eigenvalue weighted by Crippen LogP contribution is -2.08. The van der Waals surface area contributed by atoms with Gasteiger partial charge in [-0.15, -0.1) is 0 Å². The number of methoxy groups -OCH3 is 1. The SMILES string of the molecule is COc1cc2c(NC(C)c3ccccc3)ncnc2cc1F. The number of halogens is 1. The second-order valence-electron chi connectivity index (χ2n) is 5.00. The van der Waals surface area contributed by atoms with Crippen LogP contribution < -0.4 is 10.1 Å². The maximum absolute atomic E-state index is 13.8. The topological polar surface area (TPSA) is 47.0 Å². The minimum atomic E-state index is -0.434. The highest BCUT2D eigenvalue weighted by Gasteiger charge is 2.12. The minimum Gasteiger partial charge on any atom is -0.494 e. The van der Waals surface area contributed by atoms with E-state index in [-0.39, 0.29) is 11.8 Å². The minimum absolute atomic E-state index is 0.0651. The number of aromatic nitrogens is 2. The molecule has 0 aliphatic heterocycles. The van der Waals surface area contributed by atoms with Crippen LogP contribution in [0.2, 0.25) is 0 Å². The highest BCUT2D eigenvalue weighted by Crippen LogP contribution is 2.29. The van der Waals surface area contributed by atoms with Crippen molar-refractivity contribution in [2.75, 3.05) is 12.4 Å². The zero-order chi connectivity index (χ0) is 15.5. The van der Waals surface area contributed by atoms with E-state index < -0.39 is 5.82 Å². The molecule has 22 heavy (non-hydrogen) atoms. The van der Waals surface area contributed by atoms with Gasteiger partial charge < -0.3 is 10.1 Å². The van der Waals surface area contributed by atoms with Crippen LogP contribution in [-0.2, 0) is 0 Å². The molecule has 2 aromatic carbocycles. The Morgan fingerprint density at radius 2 is 1.91 bits per heavy atom. The van der Waals surface area contributed by atoms with Crippen LogP contribution in [0.15, 0.2) is 48.8 Å². The van der Waals surface area contributed by atoms with Gasteiger partial charge in [-0.2, -0.15) is 0 Å². The molecule has 0 saturated heterocycles. The summed E-state index contributed by atoms with van der Waals surface area (Å²) in [6, 6.07) is 13.1. The smallest absolute Gasteiger partial charge is 0.167 e. The van der Waals surface area contributed by atoms with E-state index in [0.717, 1.165) is 10.9 Å². The third kappa shape index (κ3) is 2.70. The van der Waals surface area contributed by atoms with Crippen LogP contribution in [0.4, 0.5) is 10.2 Å². The standard InChI is InChI=1S/C17H16FN3O/c1-11(12-6-4-3-5-7-12)21-17-13-8-16(22-2)14(18)9-15(13)19-10-20-17/h3-11H,1-2H3,(H,19,20,21). The Morgan fingerprint density at radius 3 is 2.64 bits per heavy atom. The zero-order valence-electron chi connectivity index (χ0n) is 12.4. The van der Waals surface area contributed by atoms with Crippen molar-refractivity contribution in [1.29, 1.82) is 0 Å². The molecule has 0 radical (unpaired) electrons. The first-order valence-corrected chi connectivity index (χ1v) is 6.99. The van der Waals surface area contributed by atoms with Crippen LogP contribution in [0, 0.1) is 5.82 Å². The van der Waals surface area contributed by atoms with Gasteiger partial charge >= 0.3 is 0 Å². The highest BCUT2D eigenvalue weighted by molar-refractivity contribution is 5.90. The van der Waals surface area contributed by atoms with E-state index in [0.29, 0.717) is 11.3 Å². The summed E-state index contributed by atoms with van der Waals surface area (Å²) < 4.78 is 18.8. The van der Waals surface area contributed by atoms with E-state index in [1.807, 2.05) is 37.3 Å². The van der Waals surface area contributed by atoms with Crippen LogP contribution >= 0.6 is 0 Å². The molecule has 0 amide bonds. The quantitative estimate of drug-likeness (QED) is 0.792. The molecule has 0 spiro atoms. The van der Waals surface area contributed by atoms with Crippen molar-refractivity contribution in [3.05, 3.63) is 60.2 Å². The first-order chi connectivity index (χ1) is 10.7. The summed E-state index contributed by atoms with van der Waals surface area (Å²) in [5.41, 5.74) is 1.68. The molecule has 0 aliphatic carbocycles. The summed E-state index contributed by atoms with van der Waals surface area (Å²) in [5.74, 6) is 0.396. The molecule has 1 heterocycles. The number of anilines is 1. The summed E-state index contributed by atoms with van der Waals surface area (Å²) in [7, 11) is 1.44. The monoisotopic (exact) mass is 297 g/mol. The zero-order valence-corrected chi connectivity index (χ0v) is 12.4. The Balaban J connectivity index is 2.00. The van der Waals surface area contributed by atoms with E-state index in [1.165, 1.54) is 19.5 Å². The first-order valence-electron chi connectivity index (χ1n) is 6.99. The van der Waals surface area contributed by atoms with Crippen molar-refractivity contribution in [3.63, 3.8) is 0 Å². The van der Waals surface area contributed by atoms with Gasteiger partial charge in [-0.25, -0.2) is 14.4 Å². The van der Waals surface area contributed by atoms with Gasteiger partial charge in [0.15, 0.2) is 11.6 Å². The van der Waals surface area contributed by atoms with Gasteiger partial charge in [-0.3, -0.25) is 0 Å². The van der Waals surface area contributed by atoms with E-state index >= 15 is 0 Å². The third-order valence-corrected chi connectivity index (χ3v) is 3.56. The summed E-state index contributed by atoms with van der Waals surface area (Å²) in [4.78, 5) is 8.39. The Morgan fingerprint density at radius 1 is 1.14 bits per heavy atom. The second-order valence-corrected chi connectivity index (χ2v) is 5.00. The lowest BCUT2D eigenvalue weighted by atomic mass is 10.1. The van der Waals surface area contributed by atoms with E-state index in [2.05, 4.69) is 15.3 Å². The van der Waals surface area contributed by atoms with Gasteiger partial charge in [0, 0.05) is 17.5 Å². The second kappa shape index (κ2) is 5.97. The van der Waals surface area contributed by atoms with Crippen LogP contribution in [0.1, 0.15) is 18.5 Å². The van der Waals surface area contributed by atoms with Gasteiger partial charge in [0.25, 0.3) is 0 Å². The lowest BCUT2D eigenvalue weighted by Gasteiger charge is -2.16. The predicted octanol–water partition coefficient (Wildman–Crippen LogP) is 3.95. The fraction of sp³-hybridized carbons (Fsp3) is 0.176. The number of hydrogen-bond donors (Lipinski definition) is 1. The van der Waals surface area contributed by atoms with Gasteiger partial charge in [0.05, 0.1) is 12.6 Å². The molecule has 4 nitrogen and oxygen atoms in total.